The molecule has 0 unspecified atom stereocenters. The van der Waals surface area contributed by atoms with Gasteiger partial charge in [-0.05, 0) is 48.4 Å². The minimum Gasteiger partial charge on any atom is -0.355 e. The number of carbonyl (C=O) groups excluding carboxylic acids is 2. The molecule has 1 aliphatic rings. The lowest BCUT2D eigenvalue weighted by Gasteiger charge is -2.12. The summed E-state index contributed by atoms with van der Waals surface area (Å²) in [5.41, 5.74) is 1.01. The summed E-state index contributed by atoms with van der Waals surface area (Å²) in [5.74, 6) is -0.00169. The van der Waals surface area contributed by atoms with E-state index in [1.54, 1.807) is 19.1 Å². The number of halogens is 1. The average Bonchev–Trinajstić information content (AvgIpc) is 3.33. The number of pyridine rings is 1. The van der Waals surface area contributed by atoms with Gasteiger partial charge in [-0.25, -0.2) is 4.39 Å². The summed E-state index contributed by atoms with van der Waals surface area (Å²) in [6.45, 7) is 3.91. The van der Waals surface area contributed by atoms with Crippen molar-refractivity contribution in [3.05, 3.63) is 68.9 Å². The number of amides is 1. The summed E-state index contributed by atoms with van der Waals surface area (Å²) in [6, 6.07) is 5.97. The molecule has 3 rings (SSSR count). The van der Waals surface area contributed by atoms with Gasteiger partial charge in [0.05, 0.1) is 6.54 Å². The number of hydrogen-bond donors (Lipinski definition) is 1. The Kier molecular flexibility index (Phi) is 5.26. The zero-order chi connectivity index (χ0) is 19.7. The van der Waals surface area contributed by atoms with Crippen molar-refractivity contribution >= 4 is 11.7 Å². The molecule has 6 heteroatoms. The van der Waals surface area contributed by atoms with Gasteiger partial charge in [0, 0.05) is 25.2 Å². The van der Waals surface area contributed by atoms with E-state index in [9.17, 15) is 18.8 Å². The molecule has 2 aromatic rings. The molecule has 0 radical (unpaired) electrons. The van der Waals surface area contributed by atoms with Gasteiger partial charge in [-0.1, -0.05) is 19.1 Å². The van der Waals surface area contributed by atoms with Gasteiger partial charge in [0.1, 0.15) is 11.4 Å². The van der Waals surface area contributed by atoms with Crippen LogP contribution in [0.2, 0.25) is 0 Å². The first-order valence-electron chi connectivity index (χ1n) is 9.05. The highest BCUT2D eigenvalue weighted by Crippen LogP contribution is 2.41. The van der Waals surface area contributed by atoms with Crippen LogP contribution in [0.5, 0.6) is 0 Å². The maximum Gasteiger partial charge on any atom is 0.263 e. The van der Waals surface area contributed by atoms with Gasteiger partial charge >= 0.3 is 0 Å². The van der Waals surface area contributed by atoms with E-state index in [1.807, 2.05) is 0 Å². The van der Waals surface area contributed by atoms with Crippen LogP contribution in [-0.4, -0.2) is 23.3 Å². The molecule has 1 fully saturated rings. The van der Waals surface area contributed by atoms with Crippen molar-refractivity contribution in [2.75, 3.05) is 7.05 Å². The Labute approximate surface area is 157 Å². The van der Waals surface area contributed by atoms with Crippen LogP contribution in [0.25, 0.3) is 0 Å². The predicted molar refractivity (Wildman–Crippen MR) is 101 cm³/mol. The molecule has 0 bridgehead atoms. The van der Waals surface area contributed by atoms with E-state index in [2.05, 4.69) is 12.2 Å². The van der Waals surface area contributed by atoms with E-state index in [4.69, 9.17) is 0 Å². The normalized spacial score (nSPS) is 18.2. The fraction of sp³-hybridized carbons (Fsp3) is 0.381. The fourth-order valence-electron chi connectivity index (χ4n) is 3.24. The number of nitrogens with one attached hydrogen (secondary N) is 1. The van der Waals surface area contributed by atoms with Gasteiger partial charge in [-0.15, -0.1) is 0 Å². The standard InChI is InChI=1S/C21H23FN2O3/c1-12-7-15(12)9-19(25)16-8-17(20(26)23-3)21(27)24(11-16)10-14-4-5-18(22)13(2)6-14/h4-6,8,11-12,15H,7,9-10H2,1-3H3,(H,23,26)/t12-,15+/m0/s1. The zero-order valence-corrected chi connectivity index (χ0v) is 15.7. The summed E-state index contributed by atoms with van der Waals surface area (Å²) in [5, 5.41) is 2.44. The molecular weight excluding hydrogens is 347 g/mol. The first kappa shape index (κ1) is 19.0. The summed E-state index contributed by atoms with van der Waals surface area (Å²) in [6.07, 6.45) is 2.95. The van der Waals surface area contributed by atoms with Gasteiger partial charge in [-0.2, -0.15) is 0 Å². The van der Waals surface area contributed by atoms with E-state index in [0.717, 1.165) is 12.0 Å². The van der Waals surface area contributed by atoms with Crippen LogP contribution < -0.4 is 10.9 Å². The third-order valence-corrected chi connectivity index (χ3v) is 5.18. The van der Waals surface area contributed by atoms with Crippen molar-refractivity contribution in [3.63, 3.8) is 0 Å². The molecule has 27 heavy (non-hydrogen) atoms. The second-order valence-corrected chi connectivity index (χ2v) is 7.34. The second-order valence-electron chi connectivity index (χ2n) is 7.34. The van der Waals surface area contributed by atoms with Crippen molar-refractivity contribution in [1.82, 2.24) is 9.88 Å². The van der Waals surface area contributed by atoms with Crippen molar-refractivity contribution < 1.29 is 14.0 Å². The molecule has 142 valence electrons. The van der Waals surface area contributed by atoms with E-state index in [0.29, 0.717) is 29.4 Å². The molecular formula is C21H23FN2O3. The summed E-state index contributed by atoms with van der Waals surface area (Å²) < 4.78 is 14.8. The van der Waals surface area contributed by atoms with Crippen LogP contribution in [0.4, 0.5) is 4.39 Å². The minimum absolute atomic E-state index is 0.0639. The van der Waals surface area contributed by atoms with E-state index in [1.165, 1.54) is 29.9 Å². The number of nitrogens with zero attached hydrogens (tertiary/aromatic N) is 1. The number of carbonyl (C=O) groups is 2. The summed E-state index contributed by atoms with van der Waals surface area (Å²) in [4.78, 5) is 37.4. The van der Waals surface area contributed by atoms with Crippen molar-refractivity contribution in [2.45, 2.75) is 33.2 Å². The second kappa shape index (κ2) is 7.47. The number of aryl methyl sites for hydroxylation is 1. The first-order valence-corrected chi connectivity index (χ1v) is 9.05. The monoisotopic (exact) mass is 370 g/mol. The number of Topliss-reactive ketones (excluding diaryl/α,β-unsaturated/α-hetero) is 1. The highest BCUT2D eigenvalue weighted by molar-refractivity contribution is 6.00. The molecule has 5 nitrogen and oxygen atoms in total. The number of ketones is 1. The van der Waals surface area contributed by atoms with Crippen molar-refractivity contribution in [2.24, 2.45) is 11.8 Å². The predicted octanol–water partition coefficient (Wildman–Crippen LogP) is 2.93. The molecule has 1 heterocycles. The first-order chi connectivity index (χ1) is 12.8. The molecule has 0 spiro atoms. The SMILES string of the molecule is CNC(=O)c1cc(C(=O)C[C@H]2C[C@@H]2C)cn(Cc2ccc(F)c(C)c2)c1=O. The third kappa shape index (κ3) is 4.15. The fourth-order valence-corrected chi connectivity index (χ4v) is 3.24. The minimum atomic E-state index is -0.529. The molecule has 0 saturated heterocycles. The van der Waals surface area contributed by atoms with Gasteiger partial charge in [0.15, 0.2) is 5.78 Å². The molecule has 1 aromatic carbocycles. The Bertz CT molecular complexity index is 964. The van der Waals surface area contributed by atoms with Gasteiger partial charge in [-0.3, -0.25) is 14.4 Å². The van der Waals surface area contributed by atoms with Crippen LogP contribution in [0.3, 0.4) is 0 Å². The van der Waals surface area contributed by atoms with E-state index >= 15 is 0 Å². The lowest BCUT2D eigenvalue weighted by molar-refractivity contribution is 0.0961. The Balaban J connectivity index is 1.98. The molecule has 0 aliphatic heterocycles. The number of aromatic nitrogens is 1. The van der Waals surface area contributed by atoms with Gasteiger partial charge in [0.2, 0.25) is 0 Å². The van der Waals surface area contributed by atoms with Crippen molar-refractivity contribution in [1.29, 1.82) is 0 Å². The maximum atomic E-state index is 13.5. The smallest absolute Gasteiger partial charge is 0.263 e. The third-order valence-electron chi connectivity index (χ3n) is 5.18. The molecule has 1 aliphatic carbocycles. The van der Waals surface area contributed by atoms with Crippen LogP contribution >= 0.6 is 0 Å². The molecule has 2 atom stereocenters. The Hall–Kier alpha value is -2.76. The Morgan fingerprint density at radius 1 is 1.30 bits per heavy atom. The van der Waals surface area contributed by atoms with Gasteiger partial charge in [0.25, 0.3) is 11.5 Å². The molecule has 1 aromatic heterocycles. The lowest BCUT2D eigenvalue weighted by Crippen LogP contribution is -2.32. The summed E-state index contributed by atoms with van der Waals surface area (Å²) >= 11 is 0. The number of rotatable bonds is 6. The molecule has 1 N–H and O–H groups in total. The number of benzene rings is 1. The van der Waals surface area contributed by atoms with E-state index in [-0.39, 0.29) is 23.7 Å². The highest BCUT2D eigenvalue weighted by Gasteiger charge is 2.34. The van der Waals surface area contributed by atoms with E-state index < -0.39 is 11.5 Å². The summed E-state index contributed by atoms with van der Waals surface area (Å²) in [7, 11) is 1.44. The topological polar surface area (TPSA) is 68.2 Å². The maximum absolute atomic E-state index is 13.5. The van der Waals surface area contributed by atoms with Crippen LogP contribution in [0, 0.1) is 24.6 Å². The average molecular weight is 370 g/mol. The van der Waals surface area contributed by atoms with Gasteiger partial charge < -0.3 is 9.88 Å². The van der Waals surface area contributed by atoms with Crippen LogP contribution in [-0.2, 0) is 6.54 Å². The van der Waals surface area contributed by atoms with Crippen LogP contribution in [0.1, 0.15) is 51.6 Å². The largest absolute Gasteiger partial charge is 0.355 e. The lowest BCUT2D eigenvalue weighted by atomic mass is 10.0. The van der Waals surface area contributed by atoms with Crippen molar-refractivity contribution in [3.8, 4) is 0 Å². The number of hydrogen-bond acceptors (Lipinski definition) is 3. The molecule has 1 saturated carbocycles. The Morgan fingerprint density at radius 3 is 2.59 bits per heavy atom. The Morgan fingerprint density at radius 2 is 2.00 bits per heavy atom. The quantitative estimate of drug-likeness (QED) is 0.795. The molecule has 1 amide bonds. The highest BCUT2D eigenvalue weighted by atomic mass is 19.1. The zero-order valence-electron chi connectivity index (χ0n) is 15.7. The van der Waals surface area contributed by atoms with Crippen LogP contribution in [0.15, 0.2) is 35.3 Å².